The summed E-state index contributed by atoms with van der Waals surface area (Å²) < 4.78 is 63.1. The molecule has 37 heavy (non-hydrogen) atoms. The van der Waals surface area contributed by atoms with E-state index >= 15 is 0 Å². The molecule has 2 heterocycles. The van der Waals surface area contributed by atoms with Gasteiger partial charge in [-0.1, -0.05) is 11.3 Å². The first-order valence-electron chi connectivity index (χ1n) is 11.4. The first-order valence-corrected chi connectivity index (χ1v) is 11.4. The highest BCUT2D eigenvalue weighted by Gasteiger charge is 2.28. The van der Waals surface area contributed by atoms with Crippen molar-refractivity contribution >= 4 is 11.8 Å². The molecule has 2 amide bonds. The second-order valence-corrected chi connectivity index (χ2v) is 8.25. The van der Waals surface area contributed by atoms with Gasteiger partial charge in [-0.15, -0.1) is 5.10 Å². The number of nitrogens with zero attached hydrogens (tertiary/aromatic N) is 3. The molecule has 2 N–H and O–H groups in total. The zero-order valence-electron chi connectivity index (χ0n) is 19.4. The number of halogens is 4. The van der Waals surface area contributed by atoms with Gasteiger partial charge in [0.25, 0.3) is 11.8 Å². The van der Waals surface area contributed by atoms with Crippen LogP contribution in [-0.2, 0) is 11.3 Å². The molecular formula is C24H23F4N5O4. The smallest absolute Gasteiger partial charge is 0.405 e. The summed E-state index contributed by atoms with van der Waals surface area (Å²) in [5.74, 6) is -1.64. The quantitative estimate of drug-likeness (QED) is 0.441. The van der Waals surface area contributed by atoms with Crippen molar-refractivity contribution in [1.29, 1.82) is 0 Å². The van der Waals surface area contributed by atoms with Crippen LogP contribution in [0.25, 0.3) is 5.69 Å². The van der Waals surface area contributed by atoms with Crippen molar-refractivity contribution < 1.29 is 36.6 Å². The molecule has 9 nitrogen and oxygen atoms in total. The molecule has 0 aliphatic carbocycles. The van der Waals surface area contributed by atoms with Gasteiger partial charge in [-0.2, -0.15) is 13.2 Å². The third-order valence-electron chi connectivity index (χ3n) is 5.53. The minimum absolute atomic E-state index is 0.00293. The third-order valence-corrected chi connectivity index (χ3v) is 5.53. The Morgan fingerprint density at radius 1 is 1.08 bits per heavy atom. The van der Waals surface area contributed by atoms with Gasteiger partial charge in [-0.3, -0.25) is 9.59 Å². The Balaban J connectivity index is 1.57. The van der Waals surface area contributed by atoms with Gasteiger partial charge in [0.1, 0.15) is 30.4 Å². The Hall–Kier alpha value is -4.00. The molecule has 0 unspecified atom stereocenters. The van der Waals surface area contributed by atoms with E-state index < -0.39 is 30.4 Å². The number of ether oxygens (including phenoxy) is 2. The van der Waals surface area contributed by atoms with Gasteiger partial charge in [-0.25, -0.2) is 9.07 Å². The molecule has 0 radical (unpaired) electrons. The van der Waals surface area contributed by atoms with Crippen LogP contribution in [0.3, 0.4) is 0 Å². The maximum absolute atomic E-state index is 13.6. The predicted molar refractivity (Wildman–Crippen MR) is 122 cm³/mol. The van der Waals surface area contributed by atoms with E-state index in [0.29, 0.717) is 31.7 Å². The lowest BCUT2D eigenvalue weighted by Gasteiger charge is -2.22. The largest absolute Gasteiger partial charge is 0.487 e. The van der Waals surface area contributed by atoms with E-state index in [1.165, 1.54) is 47.1 Å². The highest BCUT2D eigenvalue weighted by molar-refractivity contribution is 5.94. The van der Waals surface area contributed by atoms with Crippen molar-refractivity contribution in [1.82, 2.24) is 25.6 Å². The Morgan fingerprint density at radius 3 is 2.49 bits per heavy atom. The molecule has 2 aromatic carbocycles. The molecule has 1 fully saturated rings. The number of amides is 2. The third kappa shape index (κ3) is 7.03. The monoisotopic (exact) mass is 521 g/mol. The zero-order chi connectivity index (χ0) is 26.4. The Labute approximate surface area is 208 Å². The minimum Gasteiger partial charge on any atom is -0.487 e. The molecular weight excluding hydrogens is 498 g/mol. The van der Waals surface area contributed by atoms with Crippen LogP contribution < -0.4 is 15.4 Å². The first-order chi connectivity index (χ1) is 17.7. The molecule has 4 rings (SSSR count). The number of hydrogen-bond acceptors (Lipinski definition) is 6. The molecule has 1 aromatic heterocycles. The lowest BCUT2D eigenvalue weighted by atomic mass is 10.1. The van der Waals surface area contributed by atoms with Gasteiger partial charge in [0.05, 0.1) is 5.69 Å². The molecule has 0 saturated carbocycles. The summed E-state index contributed by atoms with van der Waals surface area (Å²) in [7, 11) is 0. The second-order valence-electron chi connectivity index (χ2n) is 8.25. The fourth-order valence-electron chi connectivity index (χ4n) is 3.66. The fraction of sp³-hybridized carbons (Fsp3) is 0.333. The molecule has 1 saturated heterocycles. The topological polar surface area (TPSA) is 107 Å². The van der Waals surface area contributed by atoms with Crippen molar-refractivity contribution in [2.45, 2.75) is 31.7 Å². The van der Waals surface area contributed by atoms with Crippen LogP contribution in [0, 0.1) is 5.82 Å². The van der Waals surface area contributed by atoms with E-state index in [9.17, 15) is 27.2 Å². The van der Waals surface area contributed by atoms with Crippen LogP contribution >= 0.6 is 0 Å². The maximum Gasteiger partial charge on any atom is 0.405 e. The summed E-state index contributed by atoms with van der Waals surface area (Å²) in [6.07, 6.45) is -3.24. The number of aromatic nitrogens is 3. The predicted octanol–water partition coefficient (Wildman–Crippen LogP) is 3.19. The van der Waals surface area contributed by atoms with Crippen molar-refractivity contribution in [3.63, 3.8) is 0 Å². The van der Waals surface area contributed by atoms with E-state index in [1.807, 2.05) is 0 Å². The van der Waals surface area contributed by atoms with E-state index in [2.05, 4.69) is 15.6 Å². The van der Waals surface area contributed by atoms with Crippen LogP contribution in [0.5, 0.6) is 5.75 Å². The zero-order valence-corrected chi connectivity index (χ0v) is 19.4. The van der Waals surface area contributed by atoms with Gasteiger partial charge in [-0.05, 0) is 49.2 Å². The van der Waals surface area contributed by atoms with Crippen LogP contribution in [0.2, 0.25) is 0 Å². The fourth-order valence-corrected chi connectivity index (χ4v) is 3.66. The molecule has 1 aliphatic rings. The standard InChI is InChI=1S/C24H23F4N5O4/c25-16-2-1-3-19(12-16)37-13-20-21(23(35)30-17-8-10-36-11-9-17)31-32-33(20)18-6-4-15(5-7-18)22(34)29-14-24(26,27)28/h1-7,12,17H,8-11,13-14H2,(H,29,34)(H,30,35). The lowest BCUT2D eigenvalue weighted by molar-refractivity contribution is -0.123. The number of benzene rings is 2. The Bertz CT molecular complexity index is 1240. The average Bonchev–Trinajstić information content (AvgIpc) is 3.30. The first kappa shape index (κ1) is 26.1. The van der Waals surface area contributed by atoms with Crippen LogP contribution in [0.1, 0.15) is 39.4 Å². The number of nitrogens with one attached hydrogen (secondary N) is 2. The Morgan fingerprint density at radius 2 is 1.81 bits per heavy atom. The molecule has 0 spiro atoms. The molecule has 1 aliphatic heterocycles. The number of carbonyl (C=O) groups excluding carboxylic acids is 2. The van der Waals surface area contributed by atoms with Gasteiger partial charge >= 0.3 is 6.18 Å². The van der Waals surface area contributed by atoms with Crippen LogP contribution in [0.4, 0.5) is 17.6 Å². The number of alkyl halides is 3. The summed E-state index contributed by atoms with van der Waals surface area (Å²) in [4.78, 5) is 25.0. The van der Waals surface area contributed by atoms with E-state index in [1.54, 1.807) is 11.4 Å². The van der Waals surface area contributed by atoms with Gasteiger partial charge in [0.2, 0.25) is 0 Å². The average molecular weight is 521 g/mol. The van der Waals surface area contributed by atoms with Gasteiger partial charge in [0.15, 0.2) is 5.69 Å². The summed E-state index contributed by atoms with van der Waals surface area (Å²) in [6, 6.07) is 10.9. The van der Waals surface area contributed by atoms with Gasteiger partial charge < -0.3 is 20.1 Å². The van der Waals surface area contributed by atoms with E-state index in [0.717, 1.165) is 0 Å². The molecule has 196 valence electrons. The highest BCUT2D eigenvalue weighted by Crippen LogP contribution is 2.20. The summed E-state index contributed by atoms with van der Waals surface area (Å²) >= 11 is 0. The lowest BCUT2D eigenvalue weighted by Crippen LogP contribution is -2.39. The van der Waals surface area contributed by atoms with Crippen molar-refractivity contribution in [2.24, 2.45) is 0 Å². The summed E-state index contributed by atoms with van der Waals surface area (Å²) in [5, 5.41) is 12.8. The second kappa shape index (κ2) is 11.4. The molecule has 13 heteroatoms. The SMILES string of the molecule is O=C(NCC(F)(F)F)c1ccc(-n2nnc(C(=O)NC3CCOCC3)c2COc2cccc(F)c2)cc1. The molecule has 3 aromatic rings. The summed E-state index contributed by atoms with van der Waals surface area (Å²) in [6.45, 7) is -0.600. The molecule has 0 atom stereocenters. The highest BCUT2D eigenvalue weighted by atomic mass is 19.4. The van der Waals surface area contributed by atoms with Crippen molar-refractivity contribution in [3.8, 4) is 11.4 Å². The number of carbonyl (C=O) groups is 2. The normalized spacial score (nSPS) is 14.3. The van der Waals surface area contributed by atoms with Crippen LogP contribution in [-0.4, -0.2) is 58.8 Å². The summed E-state index contributed by atoms with van der Waals surface area (Å²) in [5.41, 5.74) is 0.629. The maximum atomic E-state index is 13.6. The van der Waals surface area contributed by atoms with E-state index in [4.69, 9.17) is 9.47 Å². The Kier molecular flexibility index (Phi) is 8.01. The molecule has 0 bridgehead atoms. The number of hydrogen-bond donors (Lipinski definition) is 2. The van der Waals surface area contributed by atoms with Crippen LogP contribution in [0.15, 0.2) is 48.5 Å². The van der Waals surface area contributed by atoms with Crippen molar-refractivity contribution in [3.05, 3.63) is 71.3 Å². The van der Waals surface area contributed by atoms with Gasteiger partial charge in [0, 0.05) is 30.9 Å². The number of rotatable bonds is 8. The minimum atomic E-state index is -4.53. The van der Waals surface area contributed by atoms with Crippen molar-refractivity contribution in [2.75, 3.05) is 19.8 Å². The van der Waals surface area contributed by atoms with E-state index in [-0.39, 0.29) is 35.3 Å².